The zero-order valence-electron chi connectivity index (χ0n) is 11.6. The molecule has 4 heteroatoms. The molecule has 1 N–H and O–H groups in total. The minimum atomic E-state index is -0.422. The summed E-state index contributed by atoms with van der Waals surface area (Å²) in [6.45, 7) is 0. The van der Waals surface area contributed by atoms with Gasteiger partial charge < -0.3 is 10.1 Å². The maximum atomic E-state index is 12.4. The van der Waals surface area contributed by atoms with Crippen LogP contribution < -0.4 is 5.32 Å². The number of fused-ring (bicyclic) bond motifs is 2. The number of carbonyl (C=O) groups is 2. The lowest BCUT2D eigenvalue weighted by Gasteiger charge is -2.21. The van der Waals surface area contributed by atoms with Gasteiger partial charge in [-0.2, -0.15) is 0 Å². The van der Waals surface area contributed by atoms with Gasteiger partial charge in [-0.15, -0.1) is 0 Å². The molecule has 0 aromatic heterocycles. The average molecular weight is 273 g/mol. The van der Waals surface area contributed by atoms with Crippen LogP contribution in [0.5, 0.6) is 0 Å². The third-order valence-corrected chi connectivity index (χ3v) is 4.67. The van der Waals surface area contributed by atoms with Gasteiger partial charge in [0.15, 0.2) is 0 Å². The normalized spacial score (nSPS) is 27.4. The van der Waals surface area contributed by atoms with Crippen LogP contribution in [0.2, 0.25) is 0 Å². The second kappa shape index (κ2) is 5.27. The molecular formula is C16H19NO3. The van der Waals surface area contributed by atoms with Gasteiger partial charge in [-0.3, -0.25) is 4.79 Å². The van der Waals surface area contributed by atoms with E-state index in [9.17, 15) is 9.59 Å². The number of amides is 1. The summed E-state index contributed by atoms with van der Waals surface area (Å²) in [7, 11) is 1.34. The third-order valence-electron chi connectivity index (χ3n) is 4.67. The first-order chi connectivity index (χ1) is 9.69. The largest absolute Gasteiger partial charge is 0.465 e. The molecule has 2 fully saturated rings. The first-order valence-electron chi connectivity index (χ1n) is 7.17. The molecule has 0 aliphatic heterocycles. The number of methoxy groups -OCH3 is 1. The molecule has 3 unspecified atom stereocenters. The Kier molecular flexibility index (Phi) is 3.47. The standard InChI is InChI=1S/C16H19NO3/c1-20-16(19)12-4-2-3-5-14(12)17-15(18)13-9-10-6-7-11(13)8-10/h2-5,10-11,13H,6-9H2,1H3,(H,17,18). The fraction of sp³-hybridized carbons (Fsp3) is 0.500. The van der Waals surface area contributed by atoms with E-state index in [-0.39, 0.29) is 11.8 Å². The van der Waals surface area contributed by atoms with E-state index >= 15 is 0 Å². The van der Waals surface area contributed by atoms with Gasteiger partial charge in [-0.05, 0) is 43.2 Å². The third kappa shape index (κ3) is 2.30. The highest BCUT2D eigenvalue weighted by atomic mass is 16.5. The van der Waals surface area contributed by atoms with Gasteiger partial charge in [0.1, 0.15) is 0 Å². The highest BCUT2D eigenvalue weighted by Gasteiger charge is 2.43. The van der Waals surface area contributed by atoms with E-state index in [1.807, 2.05) is 6.07 Å². The summed E-state index contributed by atoms with van der Waals surface area (Å²) in [6, 6.07) is 6.99. The number of hydrogen-bond donors (Lipinski definition) is 1. The lowest BCUT2D eigenvalue weighted by molar-refractivity contribution is -0.121. The number of ether oxygens (including phenoxy) is 1. The molecule has 2 aliphatic carbocycles. The molecule has 20 heavy (non-hydrogen) atoms. The smallest absolute Gasteiger partial charge is 0.339 e. The van der Waals surface area contributed by atoms with Crippen LogP contribution in [-0.4, -0.2) is 19.0 Å². The average Bonchev–Trinajstić information content (AvgIpc) is 3.09. The molecule has 1 amide bonds. The van der Waals surface area contributed by atoms with E-state index in [4.69, 9.17) is 4.74 Å². The number of para-hydroxylation sites is 1. The van der Waals surface area contributed by atoms with Crippen molar-refractivity contribution in [2.45, 2.75) is 25.7 Å². The van der Waals surface area contributed by atoms with Crippen molar-refractivity contribution in [3.8, 4) is 0 Å². The monoisotopic (exact) mass is 273 g/mol. The van der Waals surface area contributed by atoms with Crippen LogP contribution >= 0.6 is 0 Å². The topological polar surface area (TPSA) is 55.4 Å². The van der Waals surface area contributed by atoms with Crippen molar-refractivity contribution in [1.82, 2.24) is 0 Å². The van der Waals surface area contributed by atoms with Gasteiger partial charge in [0, 0.05) is 5.92 Å². The highest BCUT2D eigenvalue weighted by Crippen LogP contribution is 2.48. The molecule has 0 saturated heterocycles. The summed E-state index contributed by atoms with van der Waals surface area (Å²) >= 11 is 0. The summed E-state index contributed by atoms with van der Waals surface area (Å²) in [5, 5.41) is 2.91. The van der Waals surface area contributed by atoms with E-state index in [0.29, 0.717) is 17.2 Å². The number of anilines is 1. The van der Waals surface area contributed by atoms with E-state index in [0.717, 1.165) is 12.3 Å². The van der Waals surface area contributed by atoms with Crippen molar-refractivity contribution in [1.29, 1.82) is 0 Å². The van der Waals surface area contributed by atoms with Crippen molar-refractivity contribution >= 4 is 17.6 Å². The number of esters is 1. The first kappa shape index (κ1) is 13.2. The molecule has 2 bridgehead atoms. The Morgan fingerprint density at radius 1 is 1.20 bits per heavy atom. The number of rotatable bonds is 3. The molecule has 106 valence electrons. The Hall–Kier alpha value is -1.84. The van der Waals surface area contributed by atoms with Crippen molar-refractivity contribution in [3.63, 3.8) is 0 Å². The predicted molar refractivity (Wildman–Crippen MR) is 75.3 cm³/mol. The minimum Gasteiger partial charge on any atom is -0.465 e. The lowest BCUT2D eigenvalue weighted by Crippen LogP contribution is -2.28. The Labute approximate surface area is 118 Å². The number of carbonyl (C=O) groups excluding carboxylic acids is 2. The van der Waals surface area contributed by atoms with Gasteiger partial charge in [0.2, 0.25) is 5.91 Å². The predicted octanol–water partition coefficient (Wildman–Crippen LogP) is 2.85. The fourth-order valence-electron chi connectivity index (χ4n) is 3.67. The molecule has 4 nitrogen and oxygen atoms in total. The van der Waals surface area contributed by atoms with Gasteiger partial charge in [-0.1, -0.05) is 18.6 Å². The molecule has 0 radical (unpaired) electrons. The van der Waals surface area contributed by atoms with Crippen LogP contribution in [0.25, 0.3) is 0 Å². The van der Waals surface area contributed by atoms with Crippen LogP contribution in [0.3, 0.4) is 0 Å². The summed E-state index contributed by atoms with van der Waals surface area (Å²) in [4.78, 5) is 24.1. The van der Waals surface area contributed by atoms with Crippen molar-refractivity contribution in [2.24, 2.45) is 17.8 Å². The number of benzene rings is 1. The van der Waals surface area contributed by atoms with E-state index in [1.54, 1.807) is 18.2 Å². The minimum absolute atomic E-state index is 0.0496. The molecule has 2 aliphatic rings. The molecule has 0 heterocycles. The second-order valence-corrected chi connectivity index (χ2v) is 5.81. The van der Waals surface area contributed by atoms with Crippen LogP contribution in [0.4, 0.5) is 5.69 Å². The summed E-state index contributed by atoms with van der Waals surface area (Å²) in [6.07, 6.45) is 4.63. The van der Waals surface area contributed by atoms with Gasteiger partial charge in [0.25, 0.3) is 0 Å². The van der Waals surface area contributed by atoms with Gasteiger partial charge in [0.05, 0.1) is 18.4 Å². The van der Waals surface area contributed by atoms with Crippen molar-refractivity contribution in [2.75, 3.05) is 12.4 Å². The maximum absolute atomic E-state index is 12.4. The molecule has 1 aromatic rings. The van der Waals surface area contributed by atoms with Crippen LogP contribution in [0.15, 0.2) is 24.3 Å². The highest BCUT2D eigenvalue weighted by molar-refractivity contribution is 6.02. The van der Waals surface area contributed by atoms with Gasteiger partial charge >= 0.3 is 5.97 Å². The van der Waals surface area contributed by atoms with E-state index in [2.05, 4.69) is 5.32 Å². The molecule has 1 aromatic carbocycles. The van der Waals surface area contributed by atoms with Crippen LogP contribution in [-0.2, 0) is 9.53 Å². The van der Waals surface area contributed by atoms with E-state index < -0.39 is 5.97 Å². The SMILES string of the molecule is COC(=O)c1ccccc1NC(=O)C1CC2CCC1C2. The van der Waals surface area contributed by atoms with Gasteiger partial charge in [-0.25, -0.2) is 4.79 Å². The first-order valence-corrected chi connectivity index (χ1v) is 7.17. The lowest BCUT2D eigenvalue weighted by atomic mass is 9.88. The molecule has 3 rings (SSSR count). The quantitative estimate of drug-likeness (QED) is 0.862. The van der Waals surface area contributed by atoms with Crippen molar-refractivity contribution in [3.05, 3.63) is 29.8 Å². The van der Waals surface area contributed by atoms with E-state index in [1.165, 1.54) is 26.4 Å². The summed E-state index contributed by atoms with van der Waals surface area (Å²) < 4.78 is 4.74. The molecule has 2 saturated carbocycles. The zero-order valence-corrected chi connectivity index (χ0v) is 11.6. The maximum Gasteiger partial charge on any atom is 0.339 e. The molecule has 3 atom stereocenters. The Bertz CT molecular complexity index is 540. The Morgan fingerprint density at radius 2 is 2.00 bits per heavy atom. The number of nitrogens with one attached hydrogen (secondary N) is 1. The summed E-state index contributed by atoms with van der Waals surface area (Å²) in [5.74, 6) is 0.999. The van der Waals surface area contributed by atoms with Crippen molar-refractivity contribution < 1.29 is 14.3 Å². The Balaban J connectivity index is 1.75. The molecule has 0 spiro atoms. The molecular weight excluding hydrogens is 254 g/mol. The zero-order chi connectivity index (χ0) is 14.1. The van der Waals surface area contributed by atoms with Crippen LogP contribution in [0.1, 0.15) is 36.0 Å². The van der Waals surface area contributed by atoms with Crippen LogP contribution in [0, 0.1) is 17.8 Å². The Morgan fingerprint density at radius 3 is 2.65 bits per heavy atom. The summed E-state index contributed by atoms with van der Waals surface area (Å²) in [5.41, 5.74) is 0.957. The number of hydrogen-bond acceptors (Lipinski definition) is 3. The second-order valence-electron chi connectivity index (χ2n) is 5.81. The fourth-order valence-corrected chi connectivity index (χ4v) is 3.67.